The number of hydrogen-bond acceptors (Lipinski definition) is 2. The Labute approximate surface area is 112 Å². The quantitative estimate of drug-likeness (QED) is 0.835. The number of nitrogens with zero attached hydrogens (tertiary/aromatic N) is 1. The molecule has 0 aromatic heterocycles. The molecule has 2 unspecified atom stereocenters. The Hall–Kier alpha value is -2.13. The van der Waals surface area contributed by atoms with Gasteiger partial charge in [-0.05, 0) is 24.6 Å². The molecule has 96 valence electrons. The van der Waals surface area contributed by atoms with Gasteiger partial charge in [0.1, 0.15) is 0 Å². The lowest BCUT2D eigenvalue weighted by Gasteiger charge is -2.44. The van der Waals surface area contributed by atoms with Gasteiger partial charge in [0.25, 0.3) is 5.91 Å². The summed E-state index contributed by atoms with van der Waals surface area (Å²) < 4.78 is 0. The number of hydrogen-bond donors (Lipinski definition) is 1. The molecule has 0 saturated carbocycles. The summed E-state index contributed by atoms with van der Waals surface area (Å²) in [6.07, 6.45) is -0.942. The van der Waals surface area contributed by atoms with Gasteiger partial charge in [-0.1, -0.05) is 48.0 Å². The predicted octanol–water partition coefficient (Wildman–Crippen LogP) is 2.44. The normalized spacial score (nSPS) is 22.2. The molecule has 1 aliphatic heterocycles. The van der Waals surface area contributed by atoms with E-state index >= 15 is 0 Å². The summed E-state index contributed by atoms with van der Waals surface area (Å²) in [5, 5.41) is 9.94. The molecule has 3 rings (SSSR count). The van der Waals surface area contributed by atoms with E-state index in [-0.39, 0.29) is 11.9 Å². The van der Waals surface area contributed by atoms with Crippen LogP contribution < -0.4 is 4.90 Å². The third-order valence-corrected chi connectivity index (χ3v) is 3.52. The van der Waals surface area contributed by atoms with Crippen molar-refractivity contribution in [2.75, 3.05) is 4.90 Å². The largest absolute Gasteiger partial charge is 0.381 e. The van der Waals surface area contributed by atoms with Crippen molar-refractivity contribution in [2.24, 2.45) is 0 Å². The SMILES string of the molecule is Cc1ccc(C2C(O)C(=O)N2c2ccccc2)cc1. The second-order valence-corrected chi connectivity index (χ2v) is 4.84. The minimum Gasteiger partial charge on any atom is -0.381 e. The number of rotatable bonds is 2. The summed E-state index contributed by atoms with van der Waals surface area (Å²) in [7, 11) is 0. The molecule has 0 aliphatic carbocycles. The van der Waals surface area contributed by atoms with Crippen LogP contribution in [0.25, 0.3) is 0 Å². The number of anilines is 1. The van der Waals surface area contributed by atoms with Crippen molar-refractivity contribution in [1.29, 1.82) is 0 Å². The molecule has 2 atom stereocenters. The molecular weight excluding hydrogens is 238 g/mol. The van der Waals surface area contributed by atoms with E-state index in [1.165, 1.54) is 0 Å². The molecule has 2 aromatic rings. The zero-order valence-electron chi connectivity index (χ0n) is 10.7. The van der Waals surface area contributed by atoms with Crippen LogP contribution in [0.3, 0.4) is 0 Å². The molecule has 0 spiro atoms. The van der Waals surface area contributed by atoms with Crippen molar-refractivity contribution >= 4 is 11.6 Å². The number of β-lactam (4-membered cyclic amide) rings is 1. The highest BCUT2D eigenvalue weighted by Gasteiger charge is 2.47. The van der Waals surface area contributed by atoms with Gasteiger partial charge in [0.15, 0.2) is 6.10 Å². The fraction of sp³-hybridized carbons (Fsp3) is 0.188. The molecular formula is C16H15NO2. The van der Waals surface area contributed by atoms with E-state index in [2.05, 4.69) is 0 Å². The number of aliphatic hydroxyl groups is 1. The number of amides is 1. The summed E-state index contributed by atoms with van der Waals surface area (Å²) in [5.41, 5.74) is 2.94. The minimum atomic E-state index is -0.942. The summed E-state index contributed by atoms with van der Waals surface area (Å²) in [6, 6.07) is 17.1. The van der Waals surface area contributed by atoms with Crippen molar-refractivity contribution in [2.45, 2.75) is 19.1 Å². The van der Waals surface area contributed by atoms with Crippen LogP contribution >= 0.6 is 0 Å². The van der Waals surface area contributed by atoms with E-state index in [1.807, 2.05) is 61.5 Å². The van der Waals surface area contributed by atoms with Crippen LogP contribution in [-0.4, -0.2) is 17.1 Å². The van der Waals surface area contributed by atoms with Gasteiger partial charge in [-0.25, -0.2) is 0 Å². The van der Waals surface area contributed by atoms with Crippen LogP contribution in [-0.2, 0) is 4.79 Å². The van der Waals surface area contributed by atoms with E-state index in [1.54, 1.807) is 4.90 Å². The first kappa shape index (κ1) is 11.9. The summed E-state index contributed by atoms with van der Waals surface area (Å²) in [5.74, 6) is -0.239. The Morgan fingerprint density at radius 2 is 1.63 bits per heavy atom. The number of carbonyl (C=O) groups excluding carboxylic acids is 1. The summed E-state index contributed by atoms with van der Waals surface area (Å²) >= 11 is 0. The third kappa shape index (κ3) is 1.92. The molecule has 1 fully saturated rings. The minimum absolute atomic E-state index is 0.239. The second kappa shape index (κ2) is 4.52. The van der Waals surface area contributed by atoms with Gasteiger partial charge in [-0.15, -0.1) is 0 Å². The predicted molar refractivity (Wildman–Crippen MR) is 73.9 cm³/mol. The van der Waals surface area contributed by atoms with Crippen LogP contribution in [0.4, 0.5) is 5.69 Å². The lowest BCUT2D eigenvalue weighted by molar-refractivity contribution is -0.137. The van der Waals surface area contributed by atoms with Crippen LogP contribution in [0.2, 0.25) is 0 Å². The van der Waals surface area contributed by atoms with Crippen molar-refractivity contribution < 1.29 is 9.90 Å². The maximum atomic E-state index is 11.9. The maximum absolute atomic E-state index is 11.9. The standard InChI is InChI=1S/C16H15NO2/c1-11-7-9-12(10-8-11)14-15(18)16(19)17(14)13-5-3-2-4-6-13/h2-10,14-15,18H,1H3. The Morgan fingerprint density at radius 3 is 2.26 bits per heavy atom. The van der Waals surface area contributed by atoms with Gasteiger partial charge in [0.2, 0.25) is 0 Å². The van der Waals surface area contributed by atoms with E-state index < -0.39 is 6.10 Å². The fourth-order valence-electron chi connectivity index (χ4n) is 2.45. The molecule has 1 amide bonds. The number of benzene rings is 2. The molecule has 3 nitrogen and oxygen atoms in total. The smallest absolute Gasteiger partial charge is 0.259 e. The molecule has 0 radical (unpaired) electrons. The number of carbonyl (C=O) groups is 1. The van der Waals surface area contributed by atoms with Gasteiger partial charge < -0.3 is 5.11 Å². The molecule has 0 bridgehead atoms. The van der Waals surface area contributed by atoms with Gasteiger partial charge >= 0.3 is 0 Å². The average Bonchev–Trinajstić information content (AvgIpc) is 2.46. The molecule has 1 saturated heterocycles. The van der Waals surface area contributed by atoms with E-state index in [0.29, 0.717) is 0 Å². The molecule has 3 heteroatoms. The maximum Gasteiger partial charge on any atom is 0.259 e. The lowest BCUT2D eigenvalue weighted by Crippen LogP contribution is -2.59. The topological polar surface area (TPSA) is 40.5 Å². The zero-order chi connectivity index (χ0) is 13.4. The van der Waals surface area contributed by atoms with Crippen LogP contribution in [0, 0.1) is 6.92 Å². The highest BCUT2D eigenvalue weighted by Crippen LogP contribution is 2.38. The molecule has 1 N–H and O–H groups in total. The fourth-order valence-corrected chi connectivity index (χ4v) is 2.45. The highest BCUT2D eigenvalue weighted by atomic mass is 16.3. The Morgan fingerprint density at radius 1 is 1.00 bits per heavy atom. The Bertz CT molecular complexity index is 592. The summed E-state index contributed by atoms with van der Waals surface area (Å²) in [6.45, 7) is 2.01. The lowest BCUT2D eigenvalue weighted by atomic mass is 9.89. The average molecular weight is 253 g/mol. The Balaban J connectivity index is 1.96. The van der Waals surface area contributed by atoms with Crippen LogP contribution in [0.1, 0.15) is 17.2 Å². The van der Waals surface area contributed by atoms with Crippen LogP contribution in [0.5, 0.6) is 0 Å². The van der Waals surface area contributed by atoms with Gasteiger partial charge in [-0.2, -0.15) is 0 Å². The first-order chi connectivity index (χ1) is 9.18. The molecule has 19 heavy (non-hydrogen) atoms. The number of aliphatic hydroxyl groups excluding tert-OH is 1. The summed E-state index contributed by atoms with van der Waals surface area (Å²) in [4.78, 5) is 13.5. The first-order valence-electron chi connectivity index (χ1n) is 6.31. The van der Waals surface area contributed by atoms with Gasteiger partial charge in [0, 0.05) is 5.69 Å². The Kier molecular flexibility index (Phi) is 2.84. The monoisotopic (exact) mass is 253 g/mol. The van der Waals surface area contributed by atoms with Crippen molar-refractivity contribution in [3.8, 4) is 0 Å². The molecule has 2 aromatic carbocycles. The number of para-hydroxylation sites is 1. The first-order valence-corrected chi connectivity index (χ1v) is 6.31. The van der Waals surface area contributed by atoms with Crippen molar-refractivity contribution in [3.05, 3.63) is 65.7 Å². The van der Waals surface area contributed by atoms with Crippen LogP contribution in [0.15, 0.2) is 54.6 Å². The van der Waals surface area contributed by atoms with Gasteiger partial charge in [0.05, 0.1) is 6.04 Å². The number of aryl methyl sites for hydroxylation is 1. The van der Waals surface area contributed by atoms with Gasteiger partial charge in [-0.3, -0.25) is 9.69 Å². The van der Waals surface area contributed by atoms with Crippen molar-refractivity contribution in [3.63, 3.8) is 0 Å². The third-order valence-electron chi connectivity index (χ3n) is 3.52. The van der Waals surface area contributed by atoms with E-state index in [4.69, 9.17) is 0 Å². The molecule has 1 aliphatic rings. The van der Waals surface area contributed by atoms with E-state index in [0.717, 1.165) is 16.8 Å². The second-order valence-electron chi connectivity index (χ2n) is 4.84. The molecule has 1 heterocycles. The van der Waals surface area contributed by atoms with E-state index in [9.17, 15) is 9.90 Å². The zero-order valence-corrected chi connectivity index (χ0v) is 10.7. The highest BCUT2D eigenvalue weighted by molar-refractivity contribution is 6.04. The van der Waals surface area contributed by atoms with Crippen molar-refractivity contribution in [1.82, 2.24) is 0 Å².